The first-order valence-electron chi connectivity index (χ1n) is 6.55. The second kappa shape index (κ2) is 5.55. The molecule has 1 aliphatic rings. The van der Waals surface area contributed by atoms with Gasteiger partial charge in [-0.25, -0.2) is 13.6 Å². The normalized spacial score (nSPS) is 14.3. The first-order valence-corrected chi connectivity index (χ1v) is 8.89. The summed E-state index contributed by atoms with van der Waals surface area (Å²) in [5.74, 6) is -1.43. The summed E-state index contributed by atoms with van der Waals surface area (Å²) in [5, 5.41) is 5.07. The number of hydrogen-bond donors (Lipinski definition) is 1. The number of ketones is 1. The van der Waals surface area contributed by atoms with Gasteiger partial charge in [0.15, 0.2) is 0 Å². The van der Waals surface area contributed by atoms with Crippen LogP contribution in [0.25, 0.3) is 0 Å². The van der Waals surface area contributed by atoms with Gasteiger partial charge in [-0.3, -0.25) is 9.59 Å². The highest BCUT2D eigenvalue weighted by atomic mass is 79.9. The molecule has 2 aromatic carbocycles. The van der Waals surface area contributed by atoms with E-state index in [1.165, 1.54) is 17.0 Å². The van der Waals surface area contributed by atoms with E-state index in [9.17, 15) is 18.0 Å². The minimum Gasteiger partial charge on any atom is -0.300 e. The van der Waals surface area contributed by atoms with Gasteiger partial charge in [0.05, 0.1) is 22.7 Å². The van der Waals surface area contributed by atoms with E-state index < -0.39 is 21.7 Å². The average molecular weight is 395 g/mol. The van der Waals surface area contributed by atoms with Crippen LogP contribution >= 0.6 is 15.9 Å². The zero-order chi connectivity index (χ0) is 16.8. The van der Waals surface area contributed by atoms with Crippen LogP contribution in [0, 0.1) is 0 Å². The van der Waals surface area contributed by atoms with Crippen molar-refractivity contribution in [2.45, 2.75) is 11.4 Å². The van der Waals surface area contributed by atoms with Crippen molar-refractivity contribution in [3.63, 3.8) is 0 Å². The summed E-state index contributed by atoms with van der Waals surface area (Å²) >= 11 is 3.40. The molecular formula is C15H11BrN2O4S. The van der Waals surface area contributed by atoms with Gasteiger partial charge in [-0.15, -0.1) is 0 Å². The molecular weight excluding hydrogens is 384 g/mol. The zero-order valence-electron chi connectivity index (χ0n) is 11.7. The molecule has 118 valence electrons. The monoisotopic (exact) mass is 394 g/mol. The molecule has 2 N–H and O–H groups in total. The van der Waals surface area contributed by atoms with E-state index in [0.717, 1.165) is 16.1 Å². The maximum absolute atomic E-state index is 12.2. The lowest BCUT2D eigenvalue weighted by molar-refractivity contribution is -0.114. The second-order valence-electron chi connectivity index (χ2n) is 5.04. The molecule has 23 heavy (non-hydrogen) atoms. The number of fused-ring (bicyclic) bond motifs is 1. The van der Waals surface area contributed by atoms with Gasteiger partial charge >= 0.3 is 0 Å². The molecule has 6 nitrogen and oxygen atoms in total. The van der Waals surface area contributed by atoms with Gasteiger partial charge in [0.1, 0.15) is 0 Å². The number of nitrogens with two attached hydrogens (primary N) is 1. The van der Waals surface area contributed by atoms with Crippen molar-refractivity contribution < 1.29 is 18.0 Å². The summed E-state index contributed by atoms with van der Waals surface area (Å²) < 4.78 is 23.6. The van der Waals surface area contributed by atoms with Crippen molar-refractivity contribution in [1.82, 2.24) is 0 Å². The van der Waals surface area contributed by atoms with Gasteiger partial charge < -0.3 is 4.90 Å². The fourth-order valence-corrected chi connectivity index (χ4v) is 3.36. The molecule has 0 radical (unpaired) electrons. The van der Waals surface area contributed by atoms with Crippen molar-refractivity contribution in [2.24, 2.45) is 5.14 Å². The van der Waals surface area contributed by atoms with Crippen LogP contribution in [0.5, 0.6) is 0 Å². The van der Waals surface area contributed by atoms with E-state index in [-0.39, 0.29) is 17.0 Å². The number of anilines is 1. The first kappa shape index (κ1) is 15.9. The topological polar surface area (TPSA) is 97.5 Å². The van der Waals surface area contributed by atoms with Gasteiger partial charge in [-0.05, 0) is 29.8 Å². The molecule has 0 atom stereocenters. The Labute approximate surface area is 141 Å². The fourth-order valence-electron chi connectivity index (χ4n) is 2.41. The number of hydrogen-bond acceptors (Lipinski definition) is 4. The van der Waals surface area contributed by atoms with Gasteiger partial charge in [-0.1, -0.05) is 34.1 Å². The van der Waals surface area contributed by atoms with E-state index in [1.807, 2.05) is 24.3 Å². The van der Waals surface area contributed by atoms with Crippen LogP contribution in [0.1, 0.15) is 15.9 Å². The Morgan fingerprint density at radius 3 is 2.43 bits per heavy atom. The van der Waals surface area contributed by atoms with Crippen molar-refractivity contribution in [2.75, 3.05) is 4.90 Å². The predicted octanol–water partition coefficient (Wildman–Crippen LogP) is 1.83. The van der Waals surface area contributed by atoms with Crippen LogP contribution in [0.4, 0.5) is 5.69 Å². The van der Waals surface area contributed by atoms with Crippen LogP contribution in [0.3, 0.4) is 0 Å². The molecule has 8 heteroatoms. The lowest BCUT2D eigenvalue weighted by atomic mass is 10.1. The molecule has 0 spiro atoms. The summed E-state index contributed by atoms with van der Waals surface area (Å²) in [7, 11) is -3.94. The van der Waals surface area contributed by atoms with Gasteiger partial charge in [0.25, 0.3) is 11.7 Å². The number of amides is 1. The van der Waals surface area contributed by atoms with Gasteiger partial charge in [0, 0.05) is 4.47 Å². The number of carbonyl (C=O) groups is 2. The number of benzene rings is 2. The zero-order valence-corrected chi connectivity index (χ0v) is 14.1. The van der Waals surface area contributed by atoms with Crippen molar-refractivity contribution >= 4 is 43.3 Å². The standard InChI is InChI=1S/C15H11BrN2O4S/c16-12-4-2-1-3-9(12)8-18-13-6-5-10(23(17,21)22)7-11(13)14(19)15(18)20/h1-7H,8H2,(H2,17,21,22). The van der Waals surface area contributed by atoms with Crippen LogP contribution in [-0.4, -0.2) is 20.1 Å². The lowest BCUT2D eigenvalue weighted by Crippen LogP contribution is -2.29. The molecule has 0 bridgehead atoms. The summed E-state index contributed by atoms with van der Waals surface area (Å²) in [6.45, 7) is 0.202. The van der Waals surface area contributed by atoms with Crippen molar-refractivity contribution in [1.29, 1.82) is 0 Å². The van der Waals surface area contributed by atoms with E-state index >= 15 is 0 Å². The van der Waals surface area contributed by atoms with Crippen molar-refractivity contribution in [3.8, 4) is 0 Å². The Hall–Kier alpha value is -2.03. The third-order valence-corrected chi connectivity index (χ3v) is 5.24. The quantitative estimate of drug-likeness (QED) is 0.802. The average Bonchev–Trinajstić information content (AvgIpc) is 2.73. The summed E-state index contributed by atoms with van der Waals surface area (Å²) in [6, 6.07) is 11.2. The Balaban J connectivity index is 2.05. The van der Waals surface area contributed by atoms with Crippen LogP contribution in [0.15, 0.2) is 51.8 Å². The molecule has 0 unspecified atom stereocenters. The van der Waals surface area contributed by atoms with E-state index in [1.54, 1.807) is 0 Å². The first-order chi connectivity index (χ1) is 10.8. The van der Waals surface area contributed by atoms with Crippen molar-refractivity contribution in [3.05, 3.63) is 58.1 Å². The summed E-state index contributed by atoms with van der Waals surface area (Å²) in [4.78, 5) is 25.5. The Morgan fingerprint density at radius 2 is 1.78 bits per heavy atom. The van der Waals surface area contributed by atoms with E-state index in [2.05, 4.69) is 15.9 Å². The largest absolute Gasteiger partial charge is 0.300 e. The van der Waals surface area contributed by atoms with Crippen LogP contribution in [0.2, 0.25) is 0 Å². The smallest absolute Gasteiger partial charge is 0.299 e. The number of rotatable bonds is 3. The number of Topliss-reactive ketones (excluding diaryl/α,β-unsaturated/α-hetero) is 1. The number of carbonyl (C=O) groups excluding carboxylic acids is 2. The second-order valence-corrected chi connectivity index (χ2v) is 7.45. The number of sulfonamides is 1. The molecule has 1 aliphatic heterocycles. The highest BCUT2D eigenvalue weighted by Gasteiger charge is 2.36. The van der Waals surface area contributed by atoms with Gasteiger partial charge in [0.2, 0.25) is 10.0 Å². The molecule has 3 rings (SSSR count). The number of halogens is 1. The predicted molar refractivity (Wildman–Crippen MR) is 87.5 cm³/mol. The Bertz CT molecular complexity index is 940. The number of nitrogens with zero attached hydrogens (tertiary/aromatic N) is 1. The van der Waals surface area contributed by atoms with Crippen LogP contribution < -0.4 is 10.0 Å². The summed E-state index contributed by atoms with van der Waals surface area (Å²) in [5.41, 5.74) is 1.26. The Kier molecular flexibility index (Phi) is 3.83. The molecule has 0 aromatic heterocycles. The highest BCUT2D eigenvalue weighted by Crippen LogP contribution is 2.33. The number of primary sulfonamides is 1. The third-order valence-electron chi connectivity index (χ3n) is 3.56. The highest BCUT2D eigenvalue weighted by molar-refractivity contribution is 9.10. The maximum atomic E-state index is 12.2. The fraction of sp³-hybridized carbons (Fsp3) is 0.0667. The SMILES string of the molecule is NS(=O)(=O)c1ccc2c(c1)C(=O)C(=O)N2Cc1ccccc1Br. The van der Waals surface area contributed by atoms with E-state index in [0.29, 0.717) is 5.69 Å². The van der Waals surface area contributed by atoms with E-state index in [4.69, 9.17) is 5.14 Å². The third kappa shape index (κ3) is 2.80. The minimum atomic E-state index is -3.94. The molecule has 1 heterocycles. The molecule has 2 aromatic rings. The summed E-state index contributed by atoms with van der Waals surface area (Å²) in [6.07, 6.45) is 0. The molecule has 1 amide bonds. The molecule has 0 saturated heterocycles. The molecule has 0 aliphatic carbocycles. The maximum Gasteiger partial charge on any atom is 0.299 e. The molecule has 0 saturated carbocycles. The van der Waals surface area contributed by atoms with Gasteiger partial charge in [-0.2, -0.15) is 0 Å². The molecule has 0 fully saturated rings. The van der Waals surface area contributed by atoms with Crippen LogP contribution in [-0.2, 0) is 21.4 Å². The Morgan fingerprint density at radius 1 is 1.09 bits per heavy atom. The lowest BCUT2D eigenvalue weighted by Gasteiger charge is -2.17. The minimum absolute atomic E-state index is 0.0496.